The highest BCUT2D eigenvalue weighted by Crippen LogP contribution is 2.27. The Morgan fingerprint density at radius 2 is 1.83 bits per heavy atom. The summed E-state index contributed by atoms with van der Waals surface area (Å²) in [7, 11) is 0. The third-order valence-corrected chi connectivity index (χ3v) is 5.37. The van der Waals surface area contributed by atoms with Crippen LogP contribution in [0.5, 0.6) is 0 Å². The molecule has 0 N–H and O–H groups in total. The van der Waals surface area contributed by atoms with Gasteiger partial charge >= 0.3 is 0 Å². The van der Waals surface area contributed by atoms with Crippen LogP contribution in [0.3, 0.4) is 0 Å². The minimum atomic E-state index is -0.262. The molecule has 1 atom stereocenters. The molecule has 1 aromatic heterocycles. The van der Waals surface area contributed by atoms with Crippen LogP contribution in [0.4, 0.5) is 0 Å². The lowest BCUT2D eigenvalue weighted by Gasteiger charge is -2.32. The van der Waals surface area contributed by atoms with Crippen LogP contribution in [0, 0.1) is 6.92 Å². The number of hydrogen-bond acceptors (Lipinski definition) is 3. The van der Waals surface area contributed by atoms with Crippen LogP contribution in [0.1, 0.15) is 63.9 Å². The minimum absolute atomic E-state index is 0.0981. The molecular formula is C25H31N3O2. The summed E-state index contributed by atoms with van der Waals surface area (Å²) >= 11 is 0. The summed E-state index contributed by atoms with van der Waals surface area (Å²) in [4.78, 5) is 33.4. The van der Waals surface area contributed by atoms with Crippen LogP contribution in [0.2, 0.25) is 0 Å². The predicted molar refractivity (Wildman–Crippen MR) is 122 cm³/mol. The van der Waals surface area contributed by atoms with Crippen LogP contribution in [-0.4, -0.2) is 26.9 Å². The van der Waals surface area contributed by atoms with Gasteiger partial charge in [-0.05, 0) is 56.0 Å². The van der Waals surface area contributed by atoms with E-state index < -0.39 is 0 Å². The third-order valence-electron chi connectivity index (χ3n) is 5.37. The van der Waals surface area contributed by atoms with Crippen molar-refractivity contribution in [1.29, 1.82) is 0 Å². The Balaban J connectivity index is 2.30. The highest BCUT2D eigenvalue weighted by Gasteiger charge is 2.28. The second-order valence-corrected chi connectivity index (χ2v) is 7.73. The van der Waals surface area contributed by atoms with Crippen molar-refractivity contribution in [2.24, 2.45) is 0 Å². The van der Waals surface area contributed by atoms with Crippen LogP contribution in [-0.2, 0) is 4.79 Å². The van der Waals surface area contributed by atoms with E-state index in [0.717, 1.165) is 24.1 Å². The molecule has 2 aromatic carbocycles. The third kappa shape index (κ3) is 4.30. The number of carbonyl (C=O) groups excluding carboxylic acids is 1. The van der Waals surface area contributed by atoms with Gasteiger partial charge in [0.15, 0.2) is 0 Å². The summed E-state index contributed by atoms with van der Waals surface area (Å²) in [5.74, 6) is 0.745. The summed E-state index contributed by atoms with van der Waals surface area (Å²) in [6.45, 7) is 8.79. The maximum Gasteiger partial charge on any atom is 0.266 e. The molecule has 0 bridgehead atoms. The standard InChI is InChI=1S/C25H31N3O2/c1-5-11-23(29)27(16-6-2)22(7-3)24-26-21-15-9-8-14-20(21)25(30)28(24)19-13-10-12-18(4)17-19/h8-10,12-15,17,22H,5-7,11,16H2,1-4H3. The Morgan fingerprint density at radius 3 is 2.50 bits per heavy atom. The summed E-state index contributed by atoms with van der Waals surface area (Å²) in [6.07, 6.45) is 2.84. The van der Waals surface area contributed by atoms with Crippen LogP contribution >= 0.6 is 0 Å². The van der Waals surface area contributed by atoms with Crippen LogP contribution < -0.4 is 5.56 Å². The molecule has 1 heterocycles. The van der Waals surface area contributed by atoms with Gasteiger partial charge in [-0.25, -0.2) is 4.98 Å². The van der Waals surface area contributed by atoms with E-state index in [2.05, 4.69) is 13.8 Å². The Kier molecular flexibility index (Phi) is 7.03. The van der Waals surface area contributed by atoms with E-state index in [1.165, 1.54) is 0 Å². The number of aromatic nitrogens is 2. The van der Waals surface area contributed by atoms with Crippen molar-refractivity contribution in [3.63, 3.8) is 0 Å². The van der Waals surface area contributed by atoms with Gasteiger partial charge < -0.3 is 4.90 Å². The first-order chi connectivity index (χ1) is 14.5. The van der Waals surface area contributed by atoms with Gasteiger partial charge in [-0.15, -0.1) is 0 Å². The van der Waals surface area contributed by atoms with E-state index in [4.69, 9.17) is 4.98 Å². The Bertz CT molecular complexity index is 1090. The predicted octanol–water partition coefficient (Wildman–Crippen LogP) is 5.18. The van der Waals surface area contributed by atoms with Gasteiger partial charge in [-0.1, -0.05) is 45.0 Å². The van der Waals surface area contributed by atoms with Crippen molar-refractivity contribution >= 4 is 16.8 Å². The SMILES string of the molecule is CCCC(=O)N(CCC)C(CC)c1nc2ccccc2c(=O)n1-c1cccc(C)c1. The van der Waals surface area contributed by atoms with E-state index >= 15 is 0 Å². The molecule has 0 spiro atoms. The lowest BCUT2D eigenvalue weighted by Crippen LogP contribution is -2.39. The molecule has 3 aromatic rings. The number of rotatable bonds is 8. The van der Waals surface area contributed by atoms with Gasteiger partial charge in [0, 0.05) is 13.0 Å². The molecule has 0 aliphatic heterocycles. The molecule has 1 amide bonds. The fraction of sp³-hybridized carbons (Fsp3) is 0.400. The molecule has 158 valence electrons. The second-order valence-electron chi connectivity index (χ2n) is 7.73. The normalized spacial score (nSPS) is 12.1. The van der Waals surface area contributed by atoms with Gasteiger partial charge in [0.1, 0.15) is 5.82 Å². The highest BCUT2D eigenvalue weighted by atomic mass is 16.2. The lowest BCUT2D eigenvalue weighted by atomic mass is 10.1. The average Bonchev–Trinajstić information content (AvgIpc) is 2.74. The van der Waals surface area contributed by atoms with E-state index in [9.17, 15) is 9.59 Å². The summed E-state index contributed by atoms with van der Waals surface area (Å²) < 4.78 is 1.70. The largest absolute Gasteiger partial charge is 0.333 e. The minimum Gasteiger partial charge on any atom is -0.333 e. The van der Waals surface area contributed by atoms with E-state index in [1.54, 1.807) is 4.57 Å². The first-order valence-corrected chi connectivity index (χ1v) is 10.9. The zero-order valence-corrected chi connectivity index (χ0v) is 18.4. The van der Waals surface area contributed by atoms with Gasteiger partial charge in [-0.2, -0.15) is 0 Å². The number of para-hydroxylation sites is 1. The number of fused-ring (bicyclic) bond motifs is 1. The van der Waals surface area contributed by atoms with Gasteiger partial charge in [0.05, 0.1) is 22.6 Å². The molecule has 0 saturated carbocycles. The number of aryl methyl sites for hydroxylation is 1. The molecule has 3 rings (SSSR count). The van der Waals surface area contributed by atoms with Gasteiger partial charge in [0.2, 0.25) is 5.91 Å². The molecule has 0 aliphatic rings. The number of hydrogen-bond donors (Lipinski definition) is 0. The number of nitrogens with zero attached hydrogens (tertiary/aromatic N) is 3. The van der Waals surface area contributed by atoms with E-state index in [1.807, 2.05) is 67.3 Å². The summed E-state index contributed by atoms with van der Waals surface area (Å²) in [5.41, 5.74) is 2.42. The van der Waals surface area contributed by atoms with Crippen molar-refractivity contribution in [3.8, 4) is 5.69 Å². The van der Waals surface area contributed by atoms with Gasteiger partial charge in [0.25, 0.3) is 5.56 Å². The molecule has 5 heteroatoms. The average molecular weight is 406 g/mol. The van der Waals surface area contributed by atoms with Crippen molar-refractivity contribution < 1.29 is 4.79 Å². The monoisotopic (exact) mass is 405 g/mol. The Hall–Kier alpha value is -2.95. The number of amides is 1. The van der Waals surface area contributed by atoms with Crippen molar-refractivity contribution in [1.82, 2.24) is 14.5 Å². The highest BCUT2D eigenvalue weighted by molar-refractivity contribution is 5.79. The first kappa shape index (κ1) is 21.8. The van der Waals surface area contributed by atoms with Crippen molar-refractivity contribution in [3.05, 3.63) is 70.3 Å². The molecule has 0 radical (unpaired) electrons. The maximum atomic E-state index is 13.6. The molecule has 0 saturated heterocycles. The number of benzene rings is 2. The van der Waals surface area contributed by atoms with Crippen LogP contribution in [0.15, 0.2) is 53.3 Å². The molecule has 0 fully saturated rings. The fourth-order valence-electron chi connectivity index (χ4n) is 3.99. The molecule has 5 nitrogen and oxygen atoms in total. The second kappa shape index (κ2) is 9.70. The topological polar surface area (TPSA) is 55.2 Å². The molecule has 1 unspecified atom stereocenters. The summed E-state index contributed by atoms with van der Waals surface area (Å²) in [5, 5.41) is 0.583. The lowest BCUT2D eigenvalue weighted by molar-refractivity contribution is -0.134. The van der Waals surface area contributed by atoms with Crippen molar-refractivity contribution in [2.75, 3.05) is 6.54 Å². The maximum absolute atomic E-state index is 13.6. The van der Waals surface area contributed by atoms with Crippen molar-refractivity contribution in [2.45, 2.75) is 59.4 Å². The van der Waals surface area contributed by atoms with Crippen LogP contribution in [0.25, 0.3) is 16.6 Å². The smallest absolute Gasteiger partial charge is 0.266 e. The Morgan fingerprint density at radius 1 is 1.07 bits per heavy atom. The fourth-order valence-corrected chi connectivity index (χ4v) is 3.99. The zero-order valence-electron chi connectivity index (χ0n) is 18.4. The molecule has 0 aliphatic carbocycles. The number of carbonyl (C=O) groups is 1. The molecule has 30 heavy (non-hydrogen) atoms. The van der Waals surface area contributed by atoms with E-state index in [0.29, 0.717) is 36.1 Å². The van der Waals surface area contributed by atoms with Gasteiger partial charge in [-0.3, -0.25) is 14.2 Å². The Labute approximate surface area is 178 Å². The van der Waals surface area contributed by atoms with E-state index in [-0.39, 0.29) is 17.5 Å². The quantitative estimate of drug-likeness (QED) is 0.519. The molecular weight excluding hydrogens is 374 g/mol. The summed E-state index contributed by atoms with van der Waals surface area (Å²) in [6, 6.07) is 15.0. The zero-order chi connectivity index (χ0) is 21.7. The first-order valence-electron chi connectivity index (χ1n) is 10.9.